The van der Waals surface area contributed by atoms with Crippen LogP contribution in [0.3, 0.4) is 0 Å². The number of aliphatic carboxylic acids is 2. The van der Waals surface area contributed by atoms with E-state index in [1.165, 1.54) is 15.8 Å². The molecule has 3 N–H and O–H groups in total. The lowest BCUT2D eigenvalue weighted by molar-refractivity contribution is -0.142. The average Bonchev–Trinajstić information content (AvgIpc) is 2.64. The summed E-state index contributed by atoms with van der Waals surface area (Å²) in [5, 5.41) is 30.0. The lowest BCUT2D eigenvalue weighted by Gasteiger charge is -2.16. The van der Waals surface area contributed by atoms with Crippen molar-refractivity contribution < 1.29 is 24.9 Å². The number of carbonyl (C=O) groups is 2. The highest BCUT2D eigenvalue weighted by Crippen LogP contribution is 2.03. The highest BCUT2D eigenvalue weighted by molar-refractivity contribution is 5.72. The van der Waals surface area contributed by atoms with Crippen LogP contribution in [-0.4, -0.2) is 61.6 Å². The number of carboxylic acid groups (broad SMARTS) is 2. The second-order valence-electron chi connectivity index (χ2n) is 3.77. The fourth-order valence-electron chi connectivity index (χ4n) is 1.52. The fourth-order valence-corrected chi connectivity index (χ4v) is 1.52. The molecular weight excluding hydrogens is 242 g/mol. The van der Waals surface area contributed by atoms with Crippen molar-refractivity contribution in [1.82, 2.24) is 14.7 Å². The van der Waals surface area contributed by atoms with Crippen molar-refractivity contribution in [3.05, 3.63) is 18.0 Å². The van der Waals surface area contributed by atoms with Crippen LogP contribution in [0.4, 0.5) is 0 Å². The molecule has 0 radical (unpaired) electrons. The van der Waals surface area contributed by atoms with Crippen molar-refractivity contribution in [3.8, 4) is 0 Å². The van der Waals surface area contributed by atoms with E-state index in [9.17, 15) is 9.59 Å². The summed E-state index contributed by atoms with van der Waals surface area (Å²) in [6, 6.07) is 0. The summed E-state index contributed by atoms with van der Waals surface area (Å²) in [6.45, 7) is -0.216. The molecule has 0 unspecified atom stereocenters. The van der Waals surface area contributed by atoms with Gasteiger partial charge in [0.25, 0.3) is 0 Å². The van der Waals surface area contributed by atoms with E-state index in [0.29, 0.717) is 12.1 Å². The lowest BCUT2D eigenvalue weighted by atomic mass is 10.3. The Morgan fingerprint density at radius 1 is 1.28 bits per heavy atom. The predicted molar refractivity (Wildman–Crippen MR) is 59.9 cm³/mol. The molecule has 0 aromatic carbocycles. The van der Waals surface area contributed by atoms with E-state index in [4.69, 9.17) is 15.3 Å². The van der Waals surface area contributed by atoms with Crippen LogP contribution < -0.4 is 0 Å². The van der Waals surface area contributed by atoms with Gasteiger partial charge in [0.05, 0.1) is 32.4 Å². The number of hydrogen-bond donors (Lipinski definition) is 3. The topological polar surface area (TPSA) is 116 Å². The number of carboxylic acids is 2. The van der Waals surface area contributed by atoms with E-state index in [1.54, 1.807) is 6.20 Å². The number of rotatable bonds is 8. The van der Waals surface area contributed by atoms with Gasteiger partial charge in [-0.15, -0.1) is 0 Å². The molecule has 0 aliphatic heterocycles. The number of aliphatic hydroxyl groups excluding tert-OH is 1. The molecule has 0 aliphatic carbocycles. The first-order chi connectivity index (χ1) is 8.51. The summed E-state index contributed by atoms with van der Waals surface area (Å²) >= 11 is 0. The molecule has 8 nitrogen and oxygen atoms in total. The summed E-state index contributed by atoms with van der Waals surface area (Å²) in [6.07, 6.45) is 3.17. The molecule has 0 aliphatic rings. The predicted octanol–water partition coefficient (Wildman–Crippen LogP) is -1.15. The van der Waals surface area contributed by atoms with E-state index in [1.807, 2.05) is 0 Å². The maximum absolute atomic E-state index is 10.6. The Labute approximate surface area is 103 Å². The van der Waals surface area contributed by atoms with E-state index in [0.717, 1.165) is 0 Å². The second kappa shape index (κ2) is 6.72. The summed E-state index contributed by atoms with van der Waals surface area (Å²) in [7, 11) is 0. The van der Waals surface area contributed by atoms with Crippen molar-refractivity contribution in [2.24, 2.45) is 0 Å². The molecule has 0 fully saturated rings. The van der Waals surface area contributed by atoms with Gasteiger partial charge in [-0.1, -0.05) is 0 Å². The second-order valence-corrected chi connectivity index (χ2v) is 3.77. The van der Waals surface area contributed by atoms with Crippen LogP contribution in [0.15, 0.2) is 12.4 Å². The Hall–Kier alpha value is -1.93. The summed E-state index contributed by atoms with van der Waals surface area (Å²) in [4.78, 5) is 22.5. The Balaban J connectivity index is 2.62. The van der Waals surface area contributed by atoms with Crippen molar-refractivity contribution in [2.75, 3.05) is 19.7 Å². The van der Waals surface area contributed by atoms with Crippen molar-refractivity contribution in [1.29, 1.82) is 0 Å². The quantitative estimate of drug-likeness (QED) is 0.538. The van der Waals surface area contributed by atoms with Crippen LogP contribution in [0.25, 0.3) is 0 Å². The molecule has 1 aromatic heterocycles. The Bertz CT molecular complexity index is 401. The molecule has 1 rings (SSSR count). The molecule has 0 saturated carbocycles. The summed E-state index contributed by atoms with van der Waals surface area (Å²) < 4.78 is 1.51. The van der Waals surface area contributed by atoms with Gasteiger partial charge < -0.3 is 15.3 Å². The molecule has 0 amide bonds. The molecular formula is C10H15N3O5. The maximum Gasteiger partial charge on any atom is 0.317 e. The van der Waals surface area contributed by atoms with Crippen LogP contribution >= 0.6 is 0 Å². The van der Waals surface area contributed by atoms with Gasteiger partial charge in [-0.3, -0.25) is 19.2 Å². The van der Waals surface area contributed by atoms with E-state index in [2.05, 4.69) is 5.10 Å². The first-order valence-corrected chi connectivity index (χ1v) is 5.29. The first-order valence-electron chi connectivity index (χ1n) is 5.29. The highest BCUT2D eigenvalue weighted by atomic mass is 16.4. The third-order valence-electron chi connectivity index (χ3n) is 2.14. The van der Waals surface area contributed by atoms with Gasteiger partial charge in [0.1, 0.15) is 0 Å². The standard InChI is InChI=1S/C10H15N3O5/c14-2-1-13-5-8(3-11-13)4-12(6-9(15)16)7-10(17)18/h3,5,14H,1-2,4,6-7H2,(H,15,16)(H,17,18). The molecule has 8 heteroatoms. The third-order valence-corrected chi connectivity index (χ3v) is 2.14. The van der Waals surface area contributed by atoms with Crippen molar-refractivity contribution in [3.63, 3.8) is 0 Å². The molecule has 18 heavy (non-hydrogen) atoms. The first kappa shape index (κ1) is 14.1. The van der Waals surface area contributed by atoms with Gasteiger partial charge in [0.2, 0.25) is 0 Å². The molecule has 1 aromatic rings. The van der Waals surface area contributed by atoms with Gasteiger partial charge in [-0.05, 0) is 0 Å². The average molecular weight is 257 g/mol. The number of nitrogens with zero attached hydrogens (tertiary/aromatic N) is 3. The normalized spacial score (nSPS) is 10.8. The monoisotopic (exact) mass is 257 g/mol. The minimum atomic E-state index is -1.08. The van der Waals surface area contributed by atoms with E-state index in [-0.39, 0.29) is 26.2 Å². The number of hydrogen-bond acceptors (Lipinski definition) is 5. The van der Waals surface area contributed by atoms with Gasteiger partial charge in [0, 0.05) is 18.3 Å². The van der Waals surface area contributed by atoms with Crippen LogP contribution in [-0.2, 0) is 22.7 Å². The van der Waals surface area contributed by atoms with Gasteiger partial charge in [-0.2, -0.15) is 5.10 Å². The summed E-state index contributed by atoms with van der Waals surface area (Å²) in [5.74, 6) is -2.17. The highest BCUT2D eigenvalue weighted by Gasteiger charge is 2.14. The fraction of sp³-hybridized carbons (Fsp3) is 0.500. The lowest BCUT2D eigenvalue weighted by Crippen LogP contribution is -2.33. The van der Waals surface area contributed by atoms with Crippen LogP contribution in [0.2, 0.25) is 0 Å². The van der Waals surface area contributed by atoms with E-state index >= 15 is 0 Å². The van der Waals surface area contributed by atoms with Gasteiger partial charge in [0.15, 0.2) is 0 Å². The number of aliphatic hydroxyl groups is 1. The van der Waals surface area contributed by atoms with Crippen molar-refractivity contribution in [2.45, 2.75) is 13.1 Å². The Morgan fingerprint density at radius 2 is 1.89 bits per heavy atom. The van der Waals surface area contributed by atoms with Crippen LogP contribution in [0.1, 0.15) is 5.56 Å². The molecule has 0 saturated heterocycles. The zero-order valence-electron chi connectivity index (χ0n) is 9.69. The molecule has 100 valence electrons. The minimum absolute atomic E-state index is 0.0465. The SMILES string of the molecule is O=C(O)CN(CC(=O)O)Cc1cnn(CCO)c1. The van der Waals surface area contributed by atoms with Gasteiger partial charge >= 0.3 is 11.9 Å². The third kappa shape index (κ3) is 4.93. The molecule has 0 atom stereocenters. The molecule has 0 spiro atoms. The zero-order chi connectivity index (χ0) is 13.5. The summed E-state index contributed by atoms with van der Waals surface area (Å²) in [5.41, 5.74) is 0.700. The molecule has 1 heterocycles. The van der Waals surface area contributed by atoms with Crippen LogP contribution in [0, 0.1) is 0 Å². The molecule has 0 bridgehead atoms. The minimum Gasteiger partial charge on any atom is -0.480 e. The smallest absolute Gasteiger partial charge is 0.317 e. The maximum atomic E-state index is 10.6. The zero-order valence-corrected chi connectivity index (χ0v) is 9.69. The largest absolute Gasteiger partial charge is 0.480 e. The number of aromatic nitrogens is 2. The van der Waals surface area contributed by atoms with E-state index < -0.39 is 11.9 Å². The van der Waals surface area contributed by atoms with Crippen LogP contribution in [0.5, 0.6) is 0 Å². The Kier molecular flexibility index (Phi) is 5.28. The van der Waals surface area contributed by atoms with Gasteiger partial charge in [-0.25, -0.2) is 0 Å². The Morgan fingerprint density at radius 3 is 2.39 bits per heavy atom. The van der Waals surface area contributed by atoms with Crippen molar-refractivity contribution >= 4 is 11.9 Å².